The van der Waals surface area contributed by atoms with Gasteiger partial charge in [-0.05, 0) is 45.4 Å². The lowest BCUT2D eigenvalue weighted by molar-refractivity contribution is -0.150. The number of carbonyl (C=O) groups excluding carboxylic acids is 1. The SMILES string of the molecule is CC(C)(F)COC(C)(C)COC(=O)C=Cc1cncc(F)c1. The number of hydrogen-bond donors (Lipinski definition) is 0. The molecule has 0 atom stereocenters. The van der Waals surface area contributed by atoms with Crippen molar-refractivity contribution in [3.63, 3.8) is 0 Å². The van der Waals surface area contributed by atoms with E-state index in [2.05, 4.69) is 4.98 Å². The van der Waals surface area contributed by atoms with E-state index in [-0.39, 0.29) is 13.2 Å². The van der Waals surface area contributed by atoms with Crippen LogP contribution in [0.3, 0.4) is 0 Å². The van der Waals surface area contributed by atoms with Gasteiger partial charge in [0.05, 0.1) is 18.4 Å². The van der Waals surface area contributed by atoms with Gasteiger partial charge >= 0.3 is 5.97 Å². The van der Waals surface area contributed by atoms with Crippen LogP contribution in [0.1, 0.15) is 33.3 Å². The minimum Gasteiger partial charge on any atom is -0.459 e. The lowest BCUT2D eigenvalue weighted by Gasteiger charge is -2.27. The summed E-state index contributed by atoms with van der Waals surface area (Å²) in [6.45, 7) is 6.10. The quantitative estimate of drug-likeness (QED) is 0.572. The Morgan fingerprint density at radius 2 is 1.95 bits per heavy atom. The normalized spacial score (nSPS) is 12.6. The van der Waals surface area contributed by atoms with Gasteiger partial charge in [-0.2, -0.15) is 0 Å². The number of hydrogen-bond acceptors (Lipinski definition) is 4. The van der Waals surface area contributed by atoms with Crippen LogP contribution < -0.4 is 0 Å². The van der Waals surface area contributed by atoms with Crippen LogP contribution in [0.5, 0.6) is 0 Å². The van der Waals surface area contributed by atoms with E-state index in [0.717, 1.165) is 6.20 Å². The fraction of sp³-hybridized carbons (Fsp3) is 0.500. The summed E-state index contributed by atoms with van der Waals surface area (Å²) in [4.78, 5) is 15.3. The molecule has 0 unspecified atom stereocenters. The molecule has 0 aliphatic heterocycles. The van der Waals surface area contributed by atoms with Gasteiger partial charge in [-0.3, -0.25) is 4.98 Å². The first-order valence-corrected chi connectivity index (χ1v) is 6.86. The summed E-state index contributed by atoms with van der Waals surface area (Å²) in [5, 5.41) is 0. The Balaban J connectivity index is 2.45. The number of pyridine rings is 1. The molecule has 0 amide bonds. The molecule has 1 aromatic rings. The molecule has 0 aliphatic rings. The van der Waals surface area contributed by atoms with E-state index in [4.69, 9.17) is 9.47 Å². The third kappa shape index (κ3) is 7.83. The Labute approximate surface area is 129 Å². The summed E-state index contributed by atoms with van der Waals surface area (Å²) in [5.74, 6) is -1.08. The number of esters is 1. The highest BCUT2D eigenvalue weighted by molar-refractivity contribution is 5.86. The molecule has 0 bridgehead atoms. The first-order chi connectivity index (χ1) is 10.1. The van der Waals surface area contributed by atoms with Gasteiger partial charge in [0.25, 0.3) is 0 Å². The second-order valence-electron chi connectivity index (χ2n) is 6.14. The van der Waals surface area contributed by atoms with E-state index >= 15 is 0 Å². The Morgan fingerprint density at radius 3 is 2.55 bits per heavy atom. The van der Waals surface area contributed by atoms with E-state index in [0.29, 0.717) is 5.56 Å². The second kappa shape index (κ2) is 7.45. The minimum atomic E-state index is -1.45. The number of rotatable bonds is 7. The van der Waals surface area contributed by atoms with Crippen LogP contribution in [0.4, 0.5) is 8.78 Å². The van der Waals surface area contributed by atoms with Crippen molar-refractivity contribution in [2.24, 2.45) is 0 Å². The third-order valence-electron chi connectivity index (χ3n) is 2.51. The Bertz CT molecular complexity index is 536. The van der Waals surface area contributed by atoms with Crippen LogP contribution in [0.2, 0.25) is 0 Å². The molecule has 0 aliphatic carbocycles. The molecule has 4 nitrogen and oxygen atoms in total. The summed E-state index contributed by atoms with van der Waals surface area (Å²) in [7, 11) is 0. The Kier molecular flexibility index (Phi) is 6.17. The lowest BCUT2D eigenvalue weighted by atomic mass is 10.1. The zero-order valence-electron chi connectivity index (χ0n) is 13.2. The van der Waals surface area contributed by atoms with Crippen molar-refractivity contribution in [1.82, 2.24) is 4.98 Å². The number of halogens is 2. The maximum atomic E-state index is 13.4. The number of ether oxygens (including phenoxy) is 2. The van der Waals surface area contributed by atoms with Crippen molar-refractivity contribution < 1.29 is 23.0 Å². The molecule has 0 saturated heterocycles. The van der Waals surface area contributed by atoms with E-state index in [1.54, 1.807) is 13.8 Å². The summed E-state index contributed by atoms with van der Waals surface area (Å²) < 4.78 is 36.7. The number of carbonyl (C=O) groups is 1. The molecule has 0 spiro atoms. The van der Waals surface area contributed by atoms with Gasteiger partial charge in [0, 0.05) is 12.3 Å². The molecule has 22 heavy (non-hydrogen) atoms. The molecular weight excluding hydrogens is 292 g/mol. The van der Waals surface area contributed by atoms with Gasteiger partial charge in [-0.15, -0.1) is 0 Å². The van der Waals surface area contributed by atoms with Crippen molar-refractivity contribution >= 4 is 12.0 Å². The zero-order valence-corrected chi connectivity index (χ0v) is 13.2. The van der Waals surface area contributed by atoms with Crippen LogP contribution in [-0.2, 0) is 14.3 Å². The highest BCUT2D eigenvalue weighted by Gasteiger charge is 2.25. The maximum Gasteiger partial charge on any atom is 0.330 e. The molecule has 0 radical (unpaired) electrons. The predicted molar refractivity (Wildman–Crippen MR) is 79.4 cm³/mol. The van der Waals surface area contributed by atoms with Crippen LogP contribution in [0, 0.1) is 5.82 Å². The van der Waals surface area contributed by atoms with E-state index in [9.17, 15) is 13.6 Å². The summed E-state index contributed by atoms with van der Waals surface area (Å²) in [6.07, 6.45) is 5.06. The molecule has 1 rings (SSSR count). The lowest BCUT2D eigenvalue weighted by Crippen LogP contribution is -2.36. The maximum absolute atomic E-state index is 13.4. The van der Waals surface area contributed by atoms with Crippen LogP contribution in [0.15, 0.2) is 24.5 Å². The van der Waals surface area contributed by atoms with E-state index in [1.807, 2.05) is 0 Å². The van der Waals surface area contributed by atoms with E-state index < -0.39 is 23.1 Å². The second-order valence-corrected chi connectivity index (χ2v) is 6.14. The van der Waals surface area contributed by atoms with Crippen molar-refractivity contribution in [1.29, 1.82) is 0 Å². The summed E-state index contributed by atoms with van der Waals surface area (Å²) >= 11 is 0. The van der Waals surface area contributed by atoms with Crippen molar-refractivity contribution in [3.8, 4) is 0 Å². The topological polar surface area (TPSA) is 48.4 Å². The number of aromatic nitrogens is 1. The van der Waals surface area contributed by atoms with Crippen LogP contribution in [0.25, 0.3) is 6.08 Å². The standard InChI is InChI=1S/C16H21F2NO3/c1-15(2,18)10-22-16(3,4)11-21-14(20)6-5-12-7-13(17)9-19-8-12/h5-9H,10-11H2,1-4H3. The average molecular weight is 313 g/mol. The van der Waals surface area contributed by atoms with Gasteiger partial charge in [0.2, 0.25) is 0 Å². The summed E-state index contributed by atoms with van der Waals surface area (Å²) in [6, 6.07) is 1.24. The monoisotopic (exact) mass is 313 g/mol. The molecule has 0 N–H and O–H groups in total. The van der Waals surface area contributed by atoms with Gasteiger partial charge in [-0.25, -0.2) is 13.6 Å². The first kappa shape index (κ1) is 18.2. The predicted octanol–water partition coefficient (Wildman–Crippen LogP) is 3.32. The number of alkyl halides is 1. The van der Waals surface area contributed by atoms with E-state index in [1.165, 1.54) is 38.3 Å². The molecule has 0 aromatic carbocycles. The van der Waals surface area contributed by atoms with Crippen molar-refractivity contribution in [3.05, 3.63) is 35.9 Å². The highest BCUT2D eigenvalue weighted by atomic mass is 19.1. The Morgan fingerprint density at radius 1 is 1.27 bits per heavy atom. The van der Waals surface area contributed by atoms with Crippen LogP contribution in [-0.4, -0.2) is 35.4 Å². The van der Waals surface area contributed by atoms with Gasteiger partial charge < -0.3 is 9.47 Å². The molecule has 0 saturated carbocycles. The zero-order chi connectivity index (χ0) is 16.8. The number of nitrogens with zero attached hydrogens (tertiary/aromatic N) is 1. The Hall–Kier alpha value is -1.82. The smallest absolute Gasteiger partial charge is 0.330 e. The molecule has 6 heteroatoms. The molecule has 1 aromatic heterocycles. The third-order valence-corrected chi connectivity index (χ3v) is 2.51. The molecule has 1 heterocycles. The molecular formula is C16H21F2NO3. The van der Waals surface area contributed by atoms with Gasteiger partial charge in [0.1, 0.15) is 18.1 Å². The van der Waals surface area contributed by atoms with Gasteiger partial charge in [-0.1, -0.05) is 0 Å². The molecule has 122 valence electrons. The molecule has 0 fully saturated rings. The van der Waals surface area contributed by atoms with Gasteiger partial charge in [0.15, 0.2) is 0 Å². The van der Waals surface area contributed by atoms with Crippen molar-refractivity contribution in [2.45, 2.75) is 39.0 Å². The highest BCUT2D eigenvalue weighted by Crippen LogP contribution is 2.16. The summed E-state index contributed by atoms with van der Waals surface area (Å²) in [5.41, 5.74) is -1.80. The minimum absolute atomic E-state index is 0.0202. The van der Waals surface area contributed by atoms with Crippen LogP contribution >= 0.6 is 0 Å². The largest absolute Gasteiger partial charge is 0.459 e. The first-order valence-electron chi connectivity index (χ1n) is 6.86. The van der Waals surface area contributed by atoms with Crippen molar-refractivity contribution in [2.75, 3.05) is 13.2 Å². The average Bonchev–Trinajstić information content (AvgIpc) is 2.40. The fourth-order valence-electron chi connectivity index (χ4n) is 1.39. The fourth-order valence-corrected chi connectivity index (χ4v) is 1.39.